The number of aliphatic hydroxyl groups is 1. The van der Waals surface area contributed by atoms with Gasteiger partial charge in [0.25, 0.3) is 0 Å². The average molecular weight is 234 g/mol. The summed E-state index contributed by atoms with van der Waals surface area (Å²) in [5, 5.41) is 12.2. The summed E-state index contributed by atoms with van der Waals surface area (Å²) in [5.41, 5.74) is 1.99. The van der Waals surface area contributed by atoms with Crippen LogP contribution in [-0.2, 0) is 6.54 Å². The van der Waals surface area contributed by atoms with Gasteiger partial charge in [0.1, 0.15) is 0 Å². The van der Waals surface area contributed by atoms with Gasteiger partial charge in [0, 0.05) is 31.6 Å². The molecular weight excluding hydrogens is 216 g/mol. The topological polar surface area (TPSA) is 62.5 Å². The van der Waals surface area contributed by atoms with Crippen molar-refractivity contribution in [3.63, 3.8) is 0 Å². The molecule has 0 aromatic carbocycles. The molecule has 1 atom stereocenters. The number of rotatable bonds is 6. The van der Waals surface area contributed by atoms with E-state index in [1.54, 1.807) is 12.4 Å². The van der Waals surface area contributed by atoms with Crippen molar-refractivity contribution in [1.29, 1.82) is 0 Å². The summed E-state index contributed by atoms with van der Waals surface area (Å²) < 4.78 is 2.03. The van der Waals surface area contributed by atoms with Crippen molar-refractivity contribution >= 4 is 5.65 Å². The smallest absolute Gasteiger partial charge is 0.155 e. The Hall–Kier alpha value is -1.46. The lowest BCUT2D eigenvalue weighted by Gasteiger charge is -2.12. The van der Waals surface area contributed by atoms with Gasteiger partial charge in [-0.15, -0.1) is 0 Å². The molecule has 1 unspecified atom stereocenters. The highest BCUT2D eigenvalue weighted by Crippen LogP contribution is 2.05. The summed E-state index contributed by atoms with van der Waals surface area (Å²) in [6, 6.07) is 0.398. The zero-order valence-electron chi connectivity index (χ0n) is 10.0. The van der Waals surface area contributed by atoms with Crippen molar-refractivity contribution in [2.45, 2.75) is 32.4 Å². The highest BCUT2D eigenvalue weighted by Gasteiger charge is 2.05. The minimum absolute atomic E-state index is 0.257. The Balaban J connectivity index is 1.95. The Morgan fingerprint density at radius 2 is 2.35 bits per heavy atom. The molecule has 0 amide bonds. The highest BCUT2D eigenvalue weighted by molar-refractivity contribution is 5.36. The number of nitrogens with one attached hydrogen (secondary N) is 1. The third-order valence-electron chi connectivity index (χ3n) is 2.82. The first-order valence-electron chi connectivity index (χ1n) is 5.91. The summed E-state index contributed by atoms with van der Waals surface area (Å²) in [6.45, 7) is 3.16. The fourth-order valence-corrected chi connectivity index (χ4v) is 1.80. The van der Waals surface area contributed by atoms with Crippen LogP contribution in [0.25, 0.3) is 5.65 Å². The van der Waals surface area contributed by atoms with Crippen LogP contribution in [0.1, 0.15) is 25.5 Å². The van der Waals surface area contributed by atoms with Gasteiger partial charge in [-0.2, -0.15) is 0 Å². The van der Waals surface area contributed by atoms with Crippen molar-refractivity contribution in [1.82, 2.24) is 19.7 Å². The van der Waals surface area contributed by atoms with Gasteiger partial charge in [-0.05, 0) is 19.8 Å². The number of imidazole rings is 1. The number of aliphatic hydroxyl groups excluding tert-OH is 1. The second kappa shape index (κ2) is 5.75. The van der Waals surface area contributed by atoms with Crippen LogP contribution < -0.4 is 5.32 Å². The monoisotopic (exact) mass is 234 g/mol. The van der Waals surface area contributed by atoms with E-state index in [-0.39, 0.29) is 6.61 Å². The molecule has 5 heteroatoms. The molecule has 0 aliphatic heterocycles. The zero-order chi connectivity index (χ0) is 12.1. The molecule has 2 aromatic heterocycles. The van der Waals surface area contributed by atoms with Crippen molar-refractivity contribution in [3.8, 4) is 0 Å². The van der Waals surface area contributed by atoms with Crippen LogP contribution in [0.3, 0.4) is 0 Å². The maximum absolute atomic E-state index is 8.76. The standard InChI is InChI=1S/C12H18N4O/c1-10(3-2-6-17)14-7-11-8-15-12-9-13-4-5-16(11)12/h4-5,8-10,14,17H,2-3,6-7H2,1H3. The lowest BCUT2D eigenvalue weighted by atomic mass is 10.2. The Bertz CT molecular complexity index is 468. The molecule has 0 aliphatic rings. The molecule has 0 aliphatic carbocycles. The summed E-state index contributed by atoms with van der Waals surface area (Å²) in [7, 11) is 0. The van der Waals surface area contributed by atoms with Crippen molar-refractivity contribution < 1.29 is 5.11 Å². The summed E-state index contributed by atoms with van der Waals surface area (Å²) >= 11 is 0. The van der Waals surface area contributed by atoms with E-state index in [9.17, 15) is 0 Å². The first-order valence-corrected chi connectivity index (χ1v) is 5.91. The molecule has 0 saturated carbocycles. The lowest BCUT2D eigenvalue weighted by molar-refractivity contribution is 0.276. The van der Waals surface area contributed by atoms with Crippen LogP contribution >= 0.6 is 0 Å². The third kappa shape index (κ3) is 3.01. The van der Waals surface area contributed by atoms with Gasteiger partial charge in [-0.25, -0.2) is 4.98 Å². The SMILES string of the molecule is CC(CCCO)NCc1cnc2cnccn12. The Morgan fingerprint density at radius 3 is 3.18 bits per heavy atom. The van der Waals surface area contributed by atoms with Crippen molar-refractivity contribution in [2.75, 3.05) is 6.61 Å². The van der Waals surface area contributed by atoms with Gasteiger partial charge in [0.05, 0.1) is 18.1 Å². The molecule has 92 valence electrons. The van der Waals surface area contributed by atoms with Gasteiger partial charge in [-0.3, -0.25) is 9.38 Å². The molecule has 5 nitrogen and oxygen atoms in total. The summed E-state index contributed by atoms with van der Waals surface area (Å²) in [6.07, 6.45) is 9.10. The molecule has 0 saturated heterocycles. The minimum Gasteiger partial charge on any atom is -0.396 e. The largest absolute Gasteiger partial charge is 0.396 e. The number of fused-ring (bicyclic) bond motifs is 1. The van der Waals surface area contributed by atoms with Crippen LogP contribution in [0.15, 0.2) is 24.8 Å². The predicted molar refractivity (Wildman–Crippen MR) is 65.6 cm³/mol. The highest BCUT2D eigenvalue weighted by atomic mass is 16.2. The first kappa shape index (κ1) is 12.0. The predicted octanol–water partition coefficient (Wildman–Crippen LogP) is 0.980. The number of nitrogens with zero attached hydrogens (tertiary/aromatic N) is 3. The third-order valence-corrected chi connectivity index (χ3v) is 2.82. The molecule has 0 bridgehead atoms. The van der Waals surface area contributed by atoms with Gasteiger partial charge in [0.2, 0.25) is 0 Å². The van der Waals surface area contributed by atoms with E-state index in [1.807, 2.05) is 16.8 Å². The molecule has 0 radical (unpaired) electrons. The zero-order valence-corrected chi connectivity index (χ0v) is 10.0. The molecule has 2 rings (SSSR count). The maximum Gasteiger partial charge on any atom is 0.155 e. The molecule has 2 aromatic rings. The Kier molecular flexibility index (Phi) is 4.06. The normalized spacial score (nSPS) is 13.1. The number of aromatic nitrogens is 3. The summed E-state index contributed by atoms with van der Waals surface area (Å²) in [4.78, 5) is 8.31. The second-order valence-corrected chi connectivity index (χ2v) is 4.20. The van der Waals surface area contributed by atoms with E-state index in [1.165, 1.54) is 0 Å². The van der Waals surface area contributed by atoms with E-state index in [0.29, 0.717) is 6.04 Å². The van der Waals surface area contributed by atoms with Gasteiger partial charge in [-0.1, -0.05) is 0 Å². The van der Waals surface area contributed by atoms with Crippen molar-refractivity contribution in [3.05, 3.63) is 30.5 Å². The molecule has 17 heavy (non-hydrogen) atoms. The van der Waals surface area contributed by atoms with Crippen LogP contribution in [0.5, 0.6) is 0 Å². The van der Waals surface area contributed by atoms with Gasteiger partial charge in [0.15, 0.2) is 5.65 Å². The fourth-order valence-electron chi connectivity index (χ4n) is 1.80. The van der Waals surface area contributed by atoms with Crippen LogP contribution in [0, 0.1) is 0 Å². The van der Waals surface area contributed by atoms with E-state index in [0.717, 1.165) is 30.7 Å². The second-order valence-electron chi connectivity index (χ2n) is 4.20. The lowest BCUT2D eigenvalue weighted by Crippen LogP contribution is -2.26. The fraction of sp³-hybridized carbons (Fsp3) is 0.500. The van der Waals surface area contributed by atoms with Gasteiger partial charge >= 0.3 is 0 Å². The quantitative estimate of drug-likeness (QED) is 0.782. The molecular formula is C12H18N4O. The van der Waals surface area contributed by atoms with Gasteiger partial charge < -0.3 is 10.4 Å². The van der Waals surface area contributed by atoms with E-state index >= 15 is 0 Å². The number of hydrogen-bond donors (Lipinski definition) is 2. The van der Waals surface area contributed by atoms with Crippen LogP contribution in [-0.4, -0.2) is 32.1 Å². The van der Waals surface area contributed by atoms with Crippen molar-refractivity contribution in [2.24, 2.45) is 0 Å². The molecule has 0 fully saturated rings. The minimum atomic E-state index is 0.257. The number of hydrogen-bond acceptors (Lipinski definition) is 4. The van der Waals surface area contributed by atoms with Crippen LogP contribution in [0.2, 0.25) is 0 Å². The summed E-state index contributed by atoms with van der Waals surface area (Å²) in [5.74, 6) is 0. The molecule has 2 heterocycles. The van der Waals surface area contributed by atoms with E-state index in [4.69, 9.17) is 5.11 Å². The average Bonchev–Trinajstić information content (AvgIpc) is 2.77. The Labute approximate surface area is 101 Å². The maximum atomic E-state index is 8.76. The molecule has 0 spiro atoms. The van der Waals surface area contributed by atoms with E-state index in [2.05, 4.69) is 22.2 Å². The van der Waals surface area contributed by atoms with Crippen LogP contribution in [0.4, 0.5) is 0 Å². The molecule has 2 N–H and O–H groups in total. The Morgan fingerprint density at radius 1 is 1.47 bits per heavy atom. The van der Waals surface area contributed by atoms with E-state index < -0.39 is 0 Å². The first-order chi connectivity index (χ1) is 8.31.